The van der Waals surface area contributed by atoms with E-state index in [1.807, 2.05) is 12.1 Å². The Kier molecular flexibility index (Phi) is 4.72. The van der Waals surface area contributed by atoms with Gasteiger partial charge >= 0.3 is 0 Å². The number of nitrogens with one attached hydrogen (secondary N) is 1. The highest BCUT2D eigenvalue weighted by Crippen LogP contribution is 2.61. The first-order valence-electron chi connectivity index (χ1n) is 12.3. The molecule has 4 saturated carbocycles. The van der Waals surface area contributed by atoms with Crippen molar-refractivity contribution >= 4 is 10.9 Å². The minimum atomic E-state index is -0.157. The van der Waals surface area contributed by atoms with Gasteiger partial charge < -0.3 is 10.7 Å². The number of H-pyrrole nitrogens is 1. The minimum absolute atomic E-state index is 0.157. The van der Waals surface area contributed by atoms with Gasteiger partial charge in [-0.05, 0) is 123 Å². The summed E-state index contributed by atoms with van der Waals surface area (Å²) in [7, 11) is 0. The van der Waals surface area contributed by atoms with E-state index in [-0.39, 0.29) is 5.82 Å². The first-order valence-corrected chi connectivity index (χ1v) is 12.3. The molecule has 4 aliphatic carbocycles. The number of hydrogen-bond donors (Lipinski definition) is 2. The third kappa shape index (κ3) is 3.24. The third-order valence-corrected chi connectivity index (χ3v) is 8.58. The monoisotopic (exact) mass is 416 g/mol. The van der Waals surface area contributed by atoms with Crippen molar-refractivity contribution in [2.75, 3.05) is 6.54 Å². The van der Waals surface area contributed by atoms with Crippen molar-refractivity contribution in [3.63, 3.8) is 0 Å². The van der Waals surface area contributed by atoms with Crippen molar-refractivity contribution in [3.8, 4) is 11.3 Å². The van der Waals surface area contributed by atoms with Crippen molar-refractivity contribution in [3.05, 3.63) is 59.4 Å². The molecule has 0 unspecified atom stereocenters. The van der Waals surface area contributed by atoms with Crippen LogP contribution in [-0.4, -0.2) is 11.5 Å². The topological polar surface area (TPSA) is 41.8 Å². The second-order valence-electron chi connectivity index (χ2n) is 10.7. The summed E-state index contributed by atoms with van der Waals surface area (Å²) >= 11 is 0. The van der Waals surface area contributed by atoms with E-state index in [2.05, 4.69) is 23.2 Å². The van der Waals surface area contributed by atoms with Crippen LogP contribution in [-0.2, 0) is 11.8 Å². The zero-order chi connectivity index (χ0) is 21.0. The molecule has 0 atom stereocenters. The first-order chi connectivity index (χ1) is 15.1. The van der Waals surface area contributed by atoms with Crippen LogP contribution in [0.5, 0.6) is 0 Å². The summed E-state index contributed by atoms with van der Waals surface area (Å²) in [4.78, 5) is 3.58. The number of fused-ring (bicyclic) bond motifs is 1. The van der Waals surface area contributed by atoms with Crippen molar-refractivity contribution in [1.29, 1.82) is 0 Å². The number of benzene rings is 2. The van der Waals surface area contributed by atoms with Gasteiger partial charge in [0, 0.05) is 16.5 Å². The van der Waals surface area contributed by atoms with E-state index in [1.54, 1.807) is 17.7 Å². The molecule has 0 saturated heterocycles. The first kappa shape index (κ1) is 19.5. The van der Waals surface area contributed by atoms with Crippen LogP contribution >= 0.6 is 0 Å². The lowest BCUT2D eigenvalue weighted by Crippen LogP contribution is -2.48. The average Bonchev–Trinajstić information content (AvgIpc) is 3.11. The van der Waals surface area contributed by atoms with Gasteiger partial charge in [0.2, 0.25) is 0 Å². The Bertz CT molecular complexity index is 1080. The van der Waals surface area contributed by atoms with Crippen molar-refractivity contribution in [1.82, 2.24) is 4.98 Å². The standard InChI is InChI=1S/C28H33FN2/c29-25-7-2-1-6-23(25)27-22(5-3-4-10-30)24-14-21(8-9-26(24)31-27)28-15-18-11-19(16-28)13-20(12-18)17-28/h1-2,6-9,14,18-20,31H,3-5,10-13,15-17,30H2. The lowest BCUT2D eigenvalue weighted by molar-refractivity contribution is -0.00513. The Morgan fingerprint density at radius 3 is 2.32 bits per heavy atom. The van der Waals surface area contributed by atoms with Crippen LogP contribution in [0.4, 0.5) is 4.39 Å². The van der Waals surface area contributed by atoms with Gasteiger partial charge in [0.25, 0.3) is 0 Å². The molecule has 0 aliphatic heterocycles. The average molecular weight is 417 g/mol. The molecule has 0 amide bonds. The number of hydrogen-bond acceptors (Lipinski definition) is 1. The molecule has 0 radical (unpaired) electrons. The van der Waals surface area contributed by atoms with Gasteiger partial charge in [-0.1, -0.05) is 18.2 Å². The largest absolute Gasteiger partial charge is 0.354 e. The van der Waals surface area contributed by atoms with Crippen LogP contribution in [0.1, 0.15) is 62.5 Å². The fourth-order valence-corrected chi connectivity index (χ4v) is 7.64. The maximum absolute atomic E-state index is 14.7. The van der Waals surface area contributed by atoms with Crippen LogP contribution in [0.25, 0.3) is 22.2 Å². The Hall–Kier alpha value is -2.13. The molecule has 3 aromatic rings. The van der Waals surface area contributed by atoms with E-state index in [0.29, 0.717) is 17.5 Å². The summed E-state index contributed by atoms with van der Waals surface area (Å²) in [5.74, 6) is 2.65. The molecule has 3 heteroatoms. The summed E-state index contributed by atoms with van der Waals surface area (Å²) in [6.07, 6.45) is 11.5. The quantitative estimate of drug-likeness (QED) is 0.430. The zero-order valence-corrected chi connectivity index (χ0v) is 18.3. The molecule has 1 aromatic heterocycles. The summed E-state index contributed by atoms with van der Waals surface area (Å²) in [6.45, 7) is 0.704. The third-order valence-electron chi connectivity index (χ3n) is 8.58. The van der Waals surface area contributed by atoms with E-state index in [1.165, 1.54) is 49.5 Å². The van der Waals surface area contributed by atoms with Gasteiger partial charge in [-0.2, -0.15) is 0 Å². The molecular weight excluding hydrogens is 383 g/mol. The Labute approximate surface area is 184 Å². The predicted octanol–water partition coefficient (Wildman–Crippen LogP) is 6.72. The summed E-state index contributed by atoms with van der Waals surface area (Å²) in [5, 5.41) is 1.29. The Morgan fingerprint density at radius 2 is 1.65 bits per heavy atom. The zero-order valence-electron chi connectivity index (χ0n) is 18.3. The number of nitrogens with two attached hydrogens (primary N) is 1. The molecule has 1 heterocycles. The molecule has 4 fully saturated rings. The Balaban J connectivity index is 1.46. The molecular formula is C28H33FN2. The second-order valence-corrected chi connectivity index (χ2v) is 10.7. The lowest BCUT2D eigenvalue weighted by Gasteiger charge is -2.57. The fraction of sp³-hybridized carbons (Fsp3) is 0.500. The second kappa shape index (κ2) is 7.48. The number of aromatic amines is 1. The highest BCUT2D eigenvalue weighted by molar-refractivity contribution is 5.91. The van der Waals surface area contributed by atoms with Gasteiger partial charge in [0.1, 0.15) is 5.82 Å². The van der Waals surface area contributed by atoms with Crippen LogP contribution in [0.15, 0.2) is 42.5 Å². The highest BCUT2D eigenvalue weighted by Gasteiger charge is 2.51. The van der Waals surface area contributed by atoms with Crippen molar-refractivity contribution < 1.29 is 4.39 Å². The lowest BCUT2D eigenvalue weighted by atomic mass is 9.48. The van der Waals surface area contributed by atoms with Gasteiger partial charge in [-0.15, -0.1) is 0 Å². The van der Waals surface area contributed by atoms with Crippen molar-refractivity contribution in [2.24, 2.45) is 23.5 Å². The number of aromatic nitrogens is 1. The van der Waals surface area contributed by atoms with E-state index >= 15 is 0 Å². The molecule has 31 heavy (non-hydrogen) atoms. The van der Waals surface area contributed by atoms with Crippen LogP contribution < -0.4 is 5.73 Å². The predicted molar refractivity (Wildman–Crippen MR) is 126 cm³/mol. The number of unbranched alkanes of at least 4 members (excludes halogenated alkanes) is 1. The fourth-order valence-electron chi connectivity index (χ4n) is 7.64. The summed E-state index contributed by atoms with van der Waals surface area (Å²) in [6, 6.07) is 14.3. The maximum Gasteiger partial charge on any atom is 0.132 e. The highest BCUT2D eigenvalue weighted by atomic mass is 19.1. The van der Waals surface area contributed by atoms with Gasteiger partial charge in [0.05, 0.1) is 5.69 Å². The molecule has 4 bridgehead atoms. The van der Waals surface area contributed by atoms with E-state index in [0.717, 1.165) is 48.2 Å². The summed E-state index contributed by atoms with van der Waals surface area (Å²) < 4.78 is 14.7. The van der Waals surface area contributed by atoms with Crippen LogP contribution in [0.3, 0.4) is 0 Å². The SMILES string of the molecule is NCCCCc1c(-c2ccccc2F)[nH]c2ccc(C34CC5CC(CC(C5)C3)C4)cc12. The number of rotatable bonds is 6. The smallest absolute Gasteiger partial charge is 0.132 e. The minimum Gasteiger partial charge on any atom is -0.354 e. The van der Waals surface area contributed by atoms with E-state index in [9.17, 15) is 4.39 Å². The van der Waals surface area contributed by atoms with Gasteiger partial charge in [0.15, 0.2) is 0 Å². The van der Waals surface area contributed by atoms with Crippen LogP contribution in [0.2, 0.25) is 0 Å². The summed E-state index contributed by atoms with van der Waals surface area (Å²) in [5.41, 5.74) is 11.7. The molecule has 4 aliphatic rings. The van der Waals surface area contributed by atoms with Crippen LogP contribution in [0, 0.1) is 23.6 Å². The molecule has 2 nitrogen and oxygen atoms in total. The maximum atomic E-state index is 14.7. The molecule has 162 valence electrons. The van der Waals surface area contributed by atoms with Gasteiger partial charge in [-0.25, -0.2) is 4.39 Å². The van der Waals surface area contributed by atoms with E-state index in [4.69, 9.17) is 5.73 Å². The van der Waals surface area contributed by atoms with Crippen molar-refractivity contribution in [2.45, 2.75) is 63.2 Å². The number of aryl methyl sites for hydroxylation is 1. The van der Waals surface area contributed by atoms with Gasteiger partial charge in [-0.3, -0.25) is 0 Å². The van der Waals surface area contributed by atoms with E-state index < -0.39 is 0 Å². The normalized spacial score (nSPS) is 29.2. The molecule has 3 N–H and O–H groups in total. The number of halogens is 1. The molecule has 2 aromatic carbocycles. The molecule has 7 rings (SSSR count). The molecule has 0 spiro atoms. The Morgan fingerprint density at radius 1 is 0.935 bits per heavy atom.